The monoisotopic (exact) mass is 598 g/mol. The van der Waals surface area contributed by atoms with Gasteiger partial charge < -0.3 is 8.85 Å². The Bertz CT molecular complexity index is 870. The van der Waals surface area contributed by atoms with Crippen LogP contribution in [0.1, 0.15) is 55.4 Å². The van der Waals surface area contributed by atoms with Crippen LogP contribution in [0.3, 0.4) is 0 Å². The molecule has 0 bridgehead atoms. The molecule has 0 N–H and O–H groups in total. The number of benzene rings is 2. The molecule has 0 aliphatic rings. The molecule has 2 atom stereocenters. The van der Waals surface area contributed by atoms with Crippen LogP contribution < -0.4 is 0 Å². The summed E-state index contributed by atoms with van der Waals surface area (Å²) in [6.45, 7) is 27.3. The quantitative estimate of drug-likeness (QED) is 0.110. The molecule has 0 radical (unpaired) electrons. The zero-order chi connectivity index (χ0) is 27.4. The van der Waals surface area contributed by atoms with Crippen molar-refractivity contribution in [3.05, 3.63) is 48.5 Å². The van der Waals surface area contributed by atoms with Gasteiger partial charge >= 0.3 is 0 Å². The Morgan fingerprint density at radius 1 is 0.528 bits per heavy atom. The lowest BCUT2D eigenvalue weighted by atomic mass is 10.2. The van der Waals surface area contributed by atoms with Crippen LogP contribution in [0.15, 0.2) is 68.1 Å². The topological polar surface area (TPSA) is 18.5 Å². The molecular formula is C28H46O2S4Si2. The van der Waals surface area contributed by atoms with E-state index in [9.17, 15) is 0 Å². The van der Waals surface area contributed by atoms with Crippen molar-refractivity contribution in [2.45, 2.75) is 122 Å². The van der Waals surface area contributed by atoms with Crippen molar-refractivity contribution in [1.82, 2.24) is 0 Å². The Balaban J connectivity index is 1.84. The lowest BCUT2D eigenvalue weighted by Crippen LogP contribution is -2.42. The average molecular weight is 599 g/mol. The Morgan fingerprint density at radius 2 is 0.778 bits per heavy atom. The molecule has 0 aliphatic heterocycles. The predicted octanol–water partition coefficient (Wildman–Crippen LogP) is 11.4. The minimum atomic E-state index is -1.75. The zero-order valence-corrected chi connectivity index (χ0v) is 29.5. The van der Waals surface area contributed by atoms with Crippen molar-refractivity contribution in [3.8, 4) is 0 Å². The fraction of sp³-hybridized carbons (Fsp3) is 0.571. The second kappa shape index (κ2) is 13.0. The number of thioether (sulfide) groups is 2. The van der Waals surface area contributed by atoms with E-state index in [4.69, 9.17) is 8.85 Å². The lowest BCUT2D eigenvalue weighted by Gasteiger charge is -2.38. The van der Waals surface area contributed by atoms with Crippen LogP contribution in [0.5, 0.6) is 0 Å². The van der Waals surface area contributed by atoms with Crippen molar-refractivity contribution in [3.63, 3.8) is 0 Å². The maximum atomic E-state index is 6.50. The average Bonchev–Trinajstić information content (AvgIpc) is 2.71. The third-order valence-corrected chi connectivity index (χ3v) is 20.8. The van der Waals surface area contributed by atoms with Gasteiger partial charge in [-0.2, -0.15) is 0 Å². The predicted molar refractivity (Wildman–Crippen MR) is 172 cm³/mol. The summed E-state index contributed by atoms with van der Waals surface area (Å²) in [4.78, 5) is 5.03. The van der Waals surface area contributed by atoms with Gasteiger partial charge in [-0.05, 0) is 98.6 Å². The second-order valence-electron chi connectivity index (χ2n) is 12.2. The van der Waals surface area contributed by atoms with Crippen LogP contribution >= 0.6 is 45.1 Å². The first-order valence-corrected chi connectivity index (χ1v) is 22.4. The molecule has 2 rings (SSSR count). The first-order valence-electron chi connectivity index (χ1n) is 12.6. The SMILES string of the molecule is CC(O[Si](C)(C)C(C)(C)C)Sc1ccc(SSc2ccc(SC(C)O[Si](C)(C)C(C)(C)C)cc2)cc1. The van der Waals surface area contributed by atoms with E-state index in [1.54, 1.807) is 45.1 Å². The number of hydrogen-bond donors (Lipinski definition) is 0. The van der Waals surface area contributed by atoms with Gasteiger partial charge in [0.05, 0.1) is 10.9 Å². The van der Waals surface area contributed by atoms with Gasteiger partial charge in [0.25, 0.3) is 0 Å². The van der Waals surface area contributed by atoms with Gasteiger partial charge in [-0.1, -0.05) is 86.7 Å². The summed E-state index contributed by atoms with van der Waals surface area (Å²) in [6, 6.07) is 17.7. The molecule has 2 unspecified atom stereocenters. The Morgan fingerprint density at radius 3 is 1.03 bits per heavy atom. The fourth-order valence-electron chi connectivity index (χ4n) is 2.86. The van der Waals surface area contributed by atoms with Crippen LogP contribution in [0, 0.1) is 0 Å². The smallest absolute Gasteiger partial charge is 0.193 e. The second-order valence-corrected chi connectivity index (χ2v) is 26.8. The molecule has 0 heterocycles. The highest BCUT2D eigenvalue weighted by atomic mass is 33.1. The van der Waals surface area contributed by atoms with Crippen molar-refractivity contribution in [1.29, 1.82) is 0 Å². The summed E-state index contributed by atoms with van der Waals surface area (Å²) >= 11 is 3.61. The van der Waals surface area contributed by atoms with E-state index in [2.05, 4.69) is 130 Å². The van der Waals surface area contributed by atoms with Crippen LogP contribution in [0.2, 0.25) is 36.3 Å². The molecule has 0 aliphatic carbocycles. The van der Waals surface area contributed by atoms with E-state index < -0.39 is 16.6 Å². The Hall–Kier alpha value is 0.194. The van der Waals surface area contributed by atoms with Crippen LogP contribution in [-0.2, 0) is 8.85 Å². The molecule has 2 aromatic rings. The maximum Gasteiger partial charge on any atom is 0.193 e. The summed E-state index contributed by atoms with van der Waals surface area (Å²) in [6.07, 6.45) is 0. The highest BCUT2D eigenvalue weighted by Gasteiger charge is 2.39. The van der Waals surface area contributed by atoms with Crippen LogP contribution in [0.4, 0.5) is 0 Å². The van der Waals surface area contributed by atoms with Gasteiger partial charge in [-0.25, -0.2) is 0 Å². The fourth-order valence-corrected chi connectivity index (χ4v) is 10.3. The molecular weight excluding hydrogens is 553 g/mol. The van der Waals surface area contributed by atoms with Gasteiger partial charge in [0, 0.05) is 19.6 Å². The third-order valence-electron chi connectivity index (χ3n) is 7.02. The van der Waals surface area contributed by atoms with Gasteiger partial charge in [0.1, 0.15) is 0 Å². The molecule has 2 nitrogen and oxygen atoms in total. The van der Waals surface area contributed by atoms with Crippen molar-refractivity contribution in [2.75, 3.05) is 0 Å². The molecule has 0 fully saturated rings. The van der Waals surface area contributed by atoms with E-state index in [-0.39, 0.29) is 20.9 Å². The molecule has 0 amide bonds. The molecule has 2 aromatic carbocycles. The summed E-state index contributed by atoms with van der Waals surface area (Å²) in [5.41, 5.74) is 0.315. The Kier molecular flexibility index (Phi) is 11.7. The standard InChI is InChI=1S/C28H46O2S4Si2/c1-21(29-35(9,10)27(3,4)5)31-23-13-17-25(18-14-23)33-34-26-19-15-24(16-20-26)32-22(2)30-36(11,12)28(6,7)8/h13-22H,1-12H3. The zero-order valence-electron chi connectivity index (χ0n) is 24.2. The van der Waals surface area contributed by atoms with E-state index in [1.807, 2.05) is 0 Å². The molecule has 0 saturated carbocycles. The highest BCUT2D eigenvalue weighted by Crippen LogP contribution is 2.42. The summed E-state index contributed by atoms with van der Waals surface area (Å²) < 4.78 is 13.0. The van der Waals surface area contributed by atoms with E-state index in [0.29, 0.717) is 0 Å². The normalized spacial score (nSPS) is 15.1. The molecule has 0 spiro atoms. The van der Waals surface area contributed by atoms with Crippen LogP contribution in [-0.4, -0.2) is 27.5 Å². The van der Waals surface area contributed by atoms with Crippen molar-refractivity contribution < 1.29 is 8.85 Å². The summed E-state index contributed by atoms with van der Waals surface area (Å²) in [7, 11) is 0.104. The molecule has 0 aromatic heterocycles. The van der Waals surface area contributed by atoms with Gasteiger partial charge in [0.15, 0.2) is 16.6 Å². The summed E-state index contributed by atoms with van der Waals surface area (Å²) in [5.74, 6) is 0. The minimum absolute atomic E-state index is 0.158. The van der Waals surface area contributed by atoms with E-state index in [0.717, 1.165) is 0 Å². The van der Waals surface area contributed by atoms with E-state index >= 15 is 0 Å². The first kappa shape index (κ1) is 32.4. The molecule has 202 valence electrons. The first-order chi connectivity index (χ1) is 16.4. The number of hydrogen-bond acceptors (Lipinski definition) is 6. The Labute approximate surface area is 239 Å². The van der Waals surface area contributed by atoms with Gasteiger partial charge in [0.2, 0.25) is 0 Å². The largest absolute Gasteiger partial charge is 0.405 e. The summed E-state index contributed by atoms with van der Waals surface area (Å²) in [5, 5.41) is 0.459. The van der Waals surface area contributed by atoms with Crippen molar-refractivity contribution >= 4 is 61.7 Å². The van der Waals surface area contributed by atoms with E-state index in [1.165, 1.54) is 19.6 Å². The van der Waals surface area contributed by atoms with Gasteiger partial charge in [-0.15, -0.1) is 0 Å². The minimum Gasteiger partial charge on any atom is -0.405 e. The number of rotatable bonds is 11. The maximum absolute atomic E-state index is 6.50. The highest BCUT2D eigenvalue weighted by molar-refractivity contribution is 8.76. The molecule has 36 heavy (non-hydrogen) atoms. The van der Waals surface area contributed by atoms with Gasteiger partial charge in [-0.3, -0.25) is 0 Å². The van der Waals surface area contributed by atoms with Crippen molar-refractivity contribution in [2.24, 2.45) is 0 Å². The van der Waals surface area contributed by atoms with Crippen LogP contribution in [0.25, 0.3) is 0 Å². The molecule has 8 heteroatoms. The molecule has 0 saturated heterocycles. The lowest BCUT2D eigenvalue weighted by molar-refractivity contribution is 0.278. The third kappa shape index (κ3) is 10.1.